The fraction of sp³-hybridized carbons (Fsp3) is 0.529. The number of carbonyl (C=O) groups is 2. The Morgan fingerprint density at radius 3 is 2.76 bits per heavy atom. The molecule has 6 nitrogen and oxygen atoms in total. The first-order valence-corrected chi connectivity index (χ1v) is 9.22. The third kappa shape index (κ3) is 4.57. The number of likely N-dealkylation sites (tertiary alicyclic amines) is 1. The highest BCUT2D eigenvalue weighted by molar-refractivity contribution is 6.42. The van der Waals surface area contributed by atoms with E-state index < -0.39 is 6.04 Å². The van der Waals surface area contributed by atoms with Crippen LogP contribution in [0.2, 0.25) is 10.0 Å². The summed E-state index contributed by atoms with van der Waals surface area (Å²) in [5.41, 5.74) is 0.546. The van der Waals surface area contributed by atoms with Crippen LogP contribution in [0.3, 0.4) is 0 Å². The second-order valence-corrected chi connectivity index (χ2v) is 7.11. The van der Waals surface area contributed by atoms with Crippen molar-refractivity contribution in [1.82, 2.24) is 10.2 Å². The number of anilines is 1. The van der Waals surface area contributed by atoms with Crippen LogP contribution in [0.25, 0.3) is 0 Å². The van der Waals surface area contributed by atoms with Gasteiger partial charge in [0.2, 0.25) is 5.91 Å². The van der Waals surface area contributed by atoms with E-state index in [9.17, 15) is 9.59 Å². The molecule has 1 aromatic carbocycles. The first-order chi connectivity index (χ1) is 12.0. The number of urea groups is 1. The number of rotatable bonds is 4. The monoisotopic (exact) mass is 385 g/mol. The number of nitrogens with zero attached hydrogens (tertiary/aromatic N) is 1. The summed E-state index contributed by atoms with van der Waals surface area (Å²) in [6.07, 6.45) is 3.54. The van der Waals surface area contributed by atoms with Crippen LogP contribution < -0.4 is 10.6 Å². The summed E-state index contributed by atoms with van der Waals surface area (Å²) in [7, 11) is 0. The molecule has 2 atom stereocenters. The maximum absolute atomic E-state index is 12.5. The zero-order valence-corrected chi connectivity index (χ0v) is 15.3. The summed E-state index contributed by atoms with van der Waals surface area (Å²) in [6.45, 7) is 1.80. The van der Waals surface area contributed by atoms with E-state index in [0.717, 1.165) is 25.9 Å². The average Bonchev–Trinajstić information content (AvgIpc) is 3.27. The lowest BCUT2D eigenvalue weighted by Crippen LogP contribution is -2.48. The van der Waals surface area contributed by atoms with E-state index in [4.69, 9.17) is 27.9 Å². The molecule has 2 aliphatic rings. The lowest BCUT2D eigenvalue weighted by Gasteiger charge is -2.25. The normalized spacial score (nSPS) is 22.9. The fourth-order valence-electron chi connectivity index (χ4n) is 3.19. The molecule has 2 fully saturated rings. The molecule has 136 valence electrons. The third-order valence-corrected chi connectivity index (χ3v) is 5.25. The summed E-state index contributed by atoms with van der Waals surface area (Å²) in [6, 6.07) is 4.12. The maximum atomic E-state index is 12.5. The lowest BCUT2D eigenvalue weighted by atomic mass is 10.2. The molecule has 8 heteroatoms. The van der Waals surface area contributed by atoms with Gasteiger partial charge in [-0.25, -0.2) is 4.79 Å². The van der Waals surface area contributed by atoms with E-state index in [1.807, 2.05) is 0 Å². The molecule has 0 aromatic heterocycles. The lowest BCUT2D eigenvalue weighted by molar-refractivity contribution is -0.125. The largest absolute Gasteiger partial charge is 0.376 e. The van der Waals surface area contributed by atoms with Gasteiger partial charge in [-0.1, -0.05) is 23.2 Å². The van der Waals surface area contributed by atoms with E-state index in [-0.39, 0.29) is 18.0 Å². The van der Waals surface area contributed by atoms with Crippen molar-refractivity contribution in [3.63, 3.8) is 0 Å². The van der Waals surface area contributed by atoms with Crippen molar-refractivity contribution in [2.45, 2.75) is 37.8 Å². The van der Waals surface area contributed by atoms with Crippen molar-refractivity contribution < 1.29 is 14.3 Å². The minimum Gasteiger partial charge on any atom is -0.376 e. The Bertz CT molecular complexity index is 650. The van der Waals surface area contributed by atoms with Gasteiger partial charge in [0, 0.05) is 25.4 Å². The molecule has 0 spiro atoms. The third-order valence-electron chi connectivity index (χ3n) is 4.52. The van der Waals surface area contributed by atoms with Gasteiger partial charge in [0.25, 0.3) is 0 Å². The molecule has 25 heavy (non-hydrogen) atoms. The highest BCUT2D eigenvalue weighted by atomic mass is 35.5. The molecule has 0 saturated carbocycles. The molecule has 0 radical (unpaired) electrons. The number of ether oxygens (including phenoxy) is 1. The molecule has 3 amide bonds. The van der Waals surface area contributed by atoms with Crippen LogP contribution in [-0.2, 0) is 9.53 Å². The number of amides is 3. The summed E-state index contributed by atoms with van der Waals surface area (Å²) in [5.74, 6) is -0.128. The van der Waals surface area contributed by atoms with Gasteiger partial charge in [-0.3, -0.25) is 4.79 Å². The first-order valence-electron chi connectivity index (χ1n) is 8.46. The van der Waals surface area contributed by atoms with Gasteiger partial charge in [0.05, 0.1) is 16.1 Å². The predicted molar refractivity (Wildman–Crippen MR) is 97.2 cm³/mol. The van der Waals surface area contributed by atoms with Crippen LogP contribution in [-0.4, -0.2) is 48.7 Å². The summed E-state index contributed by atoms with van der Waals surface area (Å²) < 4.78 is 5.51. The summed E-state index contributed by atoms with van der Waals surface area (Å²) in [5, 5.41) is 6.47. The molecule has 2 heterocycles. The maximum Gasteiger partial charge on any atom is 0.322 e. The highest BCUT2D eigenvalue weighted by Gasteiger charge is 2.34. The van der Waals surface area contributed by atoms with Crippen molar-refractivity contribution in [2.75, 3.05) is 25.0 Å². The Kier molecular flexibility index (Phi) is 6.04. The second-order valence-electron chi connectivity index (χ2n) is 6.29. The molecule has 2 N–H and O–H groups in total. The molecule has 2 saturated heterocycles. The number of nitrogens with one attached hydrogen (secondary N) is 2. The van der Waals surface area contributed by atoms with Crippen LogP contribution in [0.5, 0.6) is 0 Å². The van der Waals surface area contributed by atoms with Gasteiger partial charge in [-0.05, 0) is 43.9 Å². The second kappa shape index (κ2) is 8.25. The molecular formula is C17H21Cl2N3O3. The van der Waals surface area contributed by atoms with Crippen molar-refractivity contribution in [1.29, 1.82) is 0 Å². The van der Waals surface area contributed by atoms with Gasteiger partial charge in [0.15, 0.2) is 0 Å². The van der Waals surface area contributed by atoms with E-state index in [2.05, 4.69) is 10.6 Å². The van der Waals surface area contributed by atoms with Gasteiger partial charge >= 0.3 is 6.03 Å². The topological polar surface area (TPSA) is 70.7 Å². The molecule has 3 rings (SSSR count). The quantitative estimate of drug-likeness (QED) is 0.835. The zero-order chi connectivity index (χ0) is 17.8. The smallest absolute Gasteiger partial charge is 0.322 e. The zero-order valence-electron chi connectivity index (χ0n) is 13.8. The van der Waals surface area contributed by atoms with E-state index in [1.165, 1.54) is 0 Å². The first kappa shape index (κ1) is 18.3. The van der Waals surface area contributed by atoms with Crippen LogP contribution in [0.1, 0.15) is 25.7 Å². The number of halogens is 2. The van der Waals surface area contributed by atoms with E-state index in [1.54, 1.807) is 23.1 Å². The van der Waals surface area contributed by atoms with Gasteiger partial charge in [-0.15, -0.1) is 0 Å². The Morgan fingerprint density at radius 2 is 2.04 bits per heavy atom. The standard InChI is InChI=1S/C17H21Cl2N3O3/c18-13-6-5-11(9-14(13)19)21-17(24)22-7-1-4-15(22)16(23)20-10-12-3-2-8-25-12/h5-6,9,12,15H,1-4,7-8,10H2,(H,20,23)(H,21,24)/t12-,15-/m1/s1. The van der Waals surface area contributed by atoms with Crippen molar-refractivity contribution >= 4 is 40.8 Å². The Morgan fingerprint density at radius 1 is 1.20 bits per heavy atom. The van der Waals surface area contributed by atoms with Crippen molar-refractivity contribution in [3.05, 3.63) is 28.2 Å². The summed E-state index contributed by atoms with van der Waals surface area (Å²) in [4.78, 5) is 26.5. The van der Waals surface area contributed by atoms with Crippen LogP contribution in [0.4, 0.5) is 10.5 Å². The summed E-state index contributed by atoms with van der Waals surface area (Å²) >= 11 is 11.8. The molecule has 0 aliphatic carbocycles. The minimum absolute atomic E-state index is 0.0869. The average molecular weight is 386 g/mol. The van der Waals surface area contributed by atoms with Crippen molar-refractivity contribution in [2.24, 2.45) is 0 Å². The number of carbonyl (C=O) groups excluding carboxylic acids is 2. The Balaban J connectivity index is 1.56. The van der Waals surface area contributed by atoms with Gasteiger partial charge < -0.3 is 20.3 Å². The van der Waals surface area contributed by atoms with Crippen LogP contribution >= 0.6 is 23.2 Å². The van der Waals surface area contributed by atoms with Crippen molar-refractivity contribution in [3.8, 4) is 0 Å². The predicted octanol–water partition coefficient (Wildman–Crippen LogP) is 3.28. The van der Waals surface area contributed by atoms with Gasteiger partial charge in [0.1, 0.15) is 6.04 Å². The van der Waals surface area contributed by atoms with Crippen LogP contribution in [0, 0.1) is 0 Å². The van der Waals surface area contributed by atoms with Crippen LogP contribution in [0.15, 0.2) is 18.2 Å². The molecule has 1 aromatic rings. The molecule has 2 aliphatic heterocycles. The number of hydrogen-bond donors (Lipinski definition) is 2. The Labute approximate surface area is 156 Å². The highest BCUT2D eigenvalue weighted by Crippen LogP contribution is 2.26. The number of benzene rings is 1. The van der Waals surface area contributed by atoms with E-state index in [0.29, 0.717) is 35.2 Å². The number of hydrogen-bond acceptors (Lipinski definition) is 3. The molecule has 0 bridgehead atoms. The van der Waals surface area contributed by atoms with E-state index >= 15 is 0 Å². The fourth-order valence-corrected chi connectivity index (χ4v) is 3.49. The van der Waals surface area contributed by atoms with Gasteiger partial charge in [-0.2, -0.15) is 0 Å². The Hall–Kier alpha value is -1.50. The molecule has 0 unspecified atom stereocenters. The SMILES string of the molecule is O=C(NC[C@H]1CCCO1)[C@H]1CCCN1C(=O)Nc1ccc(Cl)c(Cl)c1. The minimum atomic E-state index is -0.454. The molecular weight excluding hydrogens is 365 g/mol.